The summed E-state index contributed by atoms with van der Waals surface area (Å²) in [4.78, 5) is 49.5. The molecule has 3 aliphatic heterocycles. The van der Waals surface area contributed by atoms with Crippen LogP contribution in [0.15, 0.2) is 77.8 Å². The van der Waals surface area contributed by atoms with Gasteiger partial charge in [-0.05, 0) is 73.4 Å². The lowest BCUT2D eigenvalue weighted by Crippen LogP contribution is -2.51. The number of halogens is 1. The van der Waals surface area contributed by atoms with Crippen LogP contribution in [0, 0.1) is 17.7 Å². The first kappa shape index (κ1) is 30.2. The van der Waals surface area contributed by atoms with E-state index in [0.717, 1.165) is 31.2 Å². The Morgan fingerprint density at radius 1 is 0.915 bits per heavy atom. The molecule has 1 atom stereocenters. The number of para-hydroxylation sites is 1. The number of aromatic amines is 1. The Hall–Kier alpha value is -5.46. The molecule has 3 aromatic carbocycles. The van der Waals surface area contributed by atoms with Gasteiger partial charge in [0.25, 0.3) is 5.91 Å². The molecule has 4 amide bonds. The highest BCUT2D eigenvalue weighted by Gasteiger charge is 2.37. The molecule has 1 unspecified atom stereocenters. The van der Waals surface area contributed by atoms with E-state index in [1.165, 1.54) is 11.0 Å². The molecule has 1 saturated carbocycles. The summed E-state index contributed by atoms with van der Waals surface area (Å²) in [5.41, 5.74) is 2.57. The minimum atomic E-state index is -1.45. The van der Waals surface area contributed by atoms with E-state index in [9.17, 15) is 14.4 Å². The molecule has 4 heterocycles. The normalized spacial score (nSPS) is 20.6. The van der Waals surface area contributed by atoms with E-state index in [4.69, 9.17) is 0 Å². The Morgan fingerprint density at radius 3 is 2.36 bits per heavy atom. The zero-order chi connectivity index (χ0) is 32.3. The molecule has 13 heteroatoms. The number of rotatable bonds is 7. The number of carbonyl (C=O) groups excluding carboxylic acids is 3. The van der Waals surface area contributed by atoms with Gasteiger partial charge >= 0.3 is 6.03 Å². The van der Waals surface area contributed by atoms with Crippen molar-refractivity contribution in [2.24, 2.45) is 16.8 Å². The van der Waals surface area contributed by atoms with E-state index < -0.39 is 23.9 Å². The largest absolute Gasteiger partial charge is 0.341 e. The number of nitrogens with zero attached hydrogens (tertiary/aromatic N) is 6. The second-order valence-electron chi connectivity index (χ2n) is 12.3. The number of amides is 4. The van der Waals surface area contributed by atoms with Crippen LogP contribution in [0.2, 0.25) is 0 Å². The Bertz CT molecular complexity index is 1810. The molecule has 3 fully saturated rings. The van der Waals surface area contributed by atoms with Crippen LogP contribution in [0.25, 0.3) is 0 Å². The summed E-state index contributed by atoms with van der Waals surface area (Å²) in [6.07, 6.45) is 3.39. The van der Waals surface area contributed by atoms with Gasteiger partial charge in [-0.3, -0.25) is 14.5 Å². The average Bonchev–Trinajstić information content (AvgIpc) is 3.34. The fraction of sp³-hybridized carbons (Fsp3) is 0.324. The van der Waals surface area contributed by atoms with Gasteiger partial charge in [0.2, 0.25) is 12.1 Å². The molecule has 1 aliphatic carbocycles. The Labute approximate surface area is 270 Å². The minimum absolute atomic E-state index is 0.164. The Kier molecular flexibility index (Phi) is 8.42. The van der Waals surface area contributed by atoms with Crippen LogP contribution in [0.1, 0.15) is 48.2 Å². The van der Waals surface area contributed by atoms with E-state index in [1.54, 1.807) is 60.7 Å². The summed E-state index contributed by atoms with van der Waals surface area (Å²) in [7, 11) is 0. The van der Waals surface area contributed by atoms with Crippen molar-refractivity contribution in [2.75, 3.05) is 29.9 Å². The summed E-state index contributed by atoms with van der Waals surface area (Å²) in [6.45, 7) is 1.12. The lowest BCUT2D eigenvalue weighted by Gasteiger charge is -2.29. The number of fused-ring (bicyclic) bond motifs is 5. The molecule has 240 valence electrons. The van der Waals surface area contributed by atoms with E-state index in [-0.39, 0.29) is 23.7 Å². The van der Waals surface area contributed by atoms with Crippen LogP contribution in [-0.2, 0) is 16.0 Å². The predicted octanol–water partition coefficient (Wildman–Crippen LogP) is 3.91. The van der Waals surface area contributed by atoms with Gasteiger partial charge in [0.15, 0.2) is 5.82 Å². The number of hydrogen-bond acceptors (Lipinski definition) is 7. The average molecular weight is 636 g/mol. The van der Waals surface area contributed by atoms with E-state index in [1.807, 2.05) is 11.0 Å². The Balaban J connectivity index is 1.19. The lowest BCUT2D eigenvalue weighted by molar-refractivity contribution is -0.132. The van der Waals surface area contributed by atoms with Crippen LogP contribution in [0.4, 0.5) is 20.6 Å². The maximum atomic E-state index is 15.3. The number of benzene rings is 3. The highest BCUT2D eigenvalue weighted by Crippen LogP contribution is 2.34. The molecule has 4 aliphatic rings. The van der Waals surface area contributed by atoms with E-state index >= 15 is 4.39 Å². The fourth-order valence-corrected chi connectivity index (χ4v) is 6.78. The number of carbonyl (C=O) groups is 3. The minimum Gasteiger partial charge on any atom is -0.341 e. The van der Waals surface area contributed by atoms with Crippen molar-refractivity contribution in [2.45, 2.75) is 38.3 Å². The third-order valence-corrected chi connectivity index (χ3v) is 9.11. The monoisotopic (exact) mass is 635 g/mol. The molecule has 1 aromatic heterocycles. The number of urea groups is 1. The standard InChI is InChI=1S/C34H34FN9O3/c35-27-10-3-1-8-25(27)31-26-9-2-4-11-28(26)44(20-30(45)43-18-21-12-13-22(19-43)15-14-21)33(46)32(37-31)38-34(47)36-24-7-5-6-23(16-24)17-29-39-41-42-40-29/h1-11,16,21-22,32H,12-15,17-20H2,(H2,36,38,47)(H,39,40,41,42). The lowest BCUT2D eigenvalue weighted by atomic mass is 9.84. The second-order valence-corrected chi connectivity index (χ2v) is 12.3. The van der Waals surface area contributed by atoms with Gasteiger partial charge in [0, 0.05) is 36.3 Å². The van der Waals surface area contributed by atoms with Gasteiger partial charge in [-0.1, -0.05) is 47.7 Å². The summed E-state index contributed by atoms with van der Waals surface area (Å²) in [5.74, 6) is 0.125. The first-order valence-electron chi connectivity index (χ1n) is 15.8. The SMILES string of the molecule is O=C(Nc1cccc(Cc2nn[nH]n2)c1)NC1N=C(c2ccccc2F)c2ccccc2N(CC(=O)N2CC3CCC(CC3)C2)C1=O. The van der Waals surface area contributed by atoms with Gasteiger partial charge in [-0.2, -0.15) is 5.21 Å². The van der Waals surface area contributed by atoms with Crippen LogP contribution in [-0.4, -0.2) is 74.9 Å². The number of nitrogens with one attached hydrogen (secondary N) is 3. The summed E-state index contributed by atoms with van der Waals surface area (Å²) in [6, 6.07) is 19.6. The number of H-pyrrole nitrogens is 1. The topological polar surface area (TPSA) is 149 Å². The molecule has 4 aromatic rings. The fourth-order valence-electron chi connectivity index (χ4n) is 6.78. The third kappa shape index (κ3) is 6.60. The van der Waals surface area contributed by atoms with Crippen LogP contribution >= 0.6 is 0 Å². The summed E-state index contributed by atoms with van der Waals surface area (Å²) in [5, 5.41) is 19.4. The molecule has 2 bridgehead atoms. The van der Waals surface area contributed by atoms with E-state index in [0.29, 0.717) is 54.1 Å². The van der Waals surface area contributed by atoms with Crippen LogP contribution in [0.5, 0.6) is 0 Å². The zero-order valence-corrected chi connectivity index (χ0v) is 25.6. The number of aromatic nitrogens is 4. The number of hydrogen-bond donors (Lipinski definition) is 3. The van der Waals surface area contributed by atoms with Gasteiger partial charge in [-0.15, -0.1) is 10.2 Å². The van der Waals surface area contributed by atoms with Gasteiger partial charge in [-0.25, -0.2) is 14.2 Å². The number of aliphatic imine (C=N–C) groups is 1. The molecule has 8 rings (SSSR count). The van der Waals surface area contributed by atoms with Crippen molar-refractivity contribution in [1.82, 2.24) is 30.8 Å². The highest BCUT2D eigenvalue weighted by atomic mass is 19.1. The predicted molar refractivity (Wildman–Crippen MR) is 172 cm³/mol. The number of benzodiazepines with no additional fused rings is 1. The molecule has 3 N–H and O–H groups in total. The molecular weight excluding hydrogens is 601 g/mol. The van der Waals surface area contributed by atoms with Gasteiger partial charge < -0.3 is 15.5 Å². The molecule has 2 saturated heterocycles. The van der Waals surface area contributed by atoms with Gasteiger partial charge in [0.1, 0.15) is 12.4 Å². The van der Waals surface area contributed by atoms with Gasteiger partial charge in [0.05, 0.1) is 11.4 Å². The number of tetrazole rings is 1. The maximum Gasteiger partial charge on any atom is 0.321 e. The van der Waals surface area contributed by atoms with Crippen molar-refractivity contribution in [3.63, 3.8) is 0 Å². The van der Waals surface area contributed by atoms with Crippen molar-refractivity contribution >= 4 is 34.9 Å². The number of anilines is 2. The van der Waals surface area contributed by atoms with Crippen molar-refractivity contribution in [3.05, 3.63) is 101 Å². The molecule has 47 heavy (non-hydrogen) atoms. The molecular formula is C34H34FN9O3. The van der Waals surface area contributed by atoms with E-state index in [2.05, 4.69) is 36.3 Å². The third-order valence-electron chi connectivity index (χ3n) is 9.11. The first-order valence-corrected chi connectivity index (χ1v) is 15.8. The van der Waals surface area contributed by atoms with Crippen molar-refractivity contribution in [3.8, 4) is 0 Å². The van der Waals surface area contributed by atoms with Crippen LogP contribution in [0.3, 0.4) is 0 Å². The summed E-state index contributed by atoms with van der Waals surface area (Å²) < 4.78 is 15.3. The zero-order valence-electron chi connectivity index (χ0n) is 25.6. The first-order chi connectivity index (χ1) is 22.9. The quantitative estimate of drug-likeness (QED) is 0.281. The highest BCUT2D eigenvalue weighted by molar-refractivity contribution is 6.21. The second kappa shape index (κ2) is 13.1. The van der Waals surface area contributed by atoms with Crippen molar-refractivity contribution < 1.29 is 18.8 Å². The molecule has 0 spiro atoms. The van der Waals surface area contributed by atoms with Crippen LogP contribution < -0.4 is 15.5 Å². The van der Waals surface area contributed by atoms with Crippen molar-refractivity contribution in [1.29, 1.82) is 0 Å². The maximum absolute atomic E-state index is 15.3. The smallest absolute Gasteiger partial charge is 0.321 e. The molecule has 12 nitrogen and oxygen atoms in total. The Morgan fingerprint density at radius 2 is 1.64 bits per heavy atom. The summed E-state index contributed by atoms with van der Waals surface area (Å²) >= 11 is 0. The molecule has 0 radical (unpaired) electrons.